The van der Waals surface area contributed by atoms with Gasteiger partial charge >= 0.3 is 0 Å². The van der Waals surface area contributed by atoms with Crippen LogP contribution in [0.2, 0.25) is 0 Å². The van der Waals surface area contributed by atoms with Gasteiger partial charge in [-0.3, -0.25) is 10.1 Å². The third-order valence-corrected chi connectivity index (χ3v) is 3.62. The molecule has 1 heterocycles. The van der Waals surface area contributed by atoms with Gasteiger partial charge < -0.3 is 0 Å². The highest BCUT2D eigenvalue weighted by Gasteiger charge is 2.12. The maximum absolute atomic E-state index is 11.0. The van der Waals surface area contributed by atoms with Crippen molar-refractivity contribution in [3.63, 3.8) is 0 Å². The van der Waals surface area contributed by atoms with Gasteiger partial charge in [-0.15, -0.1) is 0 Å². The molecule has 4 nitrogen and oxygen atoms in total. The molecular formula is C18H16N2O2. The predicted octanol–water partition coefficient (Wildman–Crippen LogP) is 4.30. The number of aryl methyl sites for hydroxylation is 2. The van der Waals surface area contributed by atoms with Crippen molar-refractivity contribution in [2.75, 3.05) is 0 Å². The molecule has 4 heteroatoms. The highest BCUT2D eigenvalue weighted by Crippen LogP contribution is 2.26. The summed E-state index contributed by atoms with van der Waals surface area (Å²) in [6, 6.07) is 15.6. The van der Waals surface area contributed by atoms with E-state index >= 15 is 0 Å². The summed E-state index contributed by atoms with van der Waals surface area (Å²) in [7, 11) is 0. The second-order valence-corrected chi connectivity index (χ2v) is 5.55. The molecule has 0 atom stereocenters. The highest BCUT2D eigenvalue weighted by atomic mass is 16.6. The van der Waals surface area contributed by atoms with E-state index in [9.17, 15) is 10.1 Å². The molecule has 0 spiro atoms. The maximum Gasteiger partial charge on any atom is 0.229 e. The van der Waals surface area contributed by atoms with Crippen molar-refractivity contribution < 1.29 is 4.92 Å². The SMILES string of the molecule is Cc1cc(C)cc(-c2cc(C[N+](=O)[O-])c3ccccc3n2)c1. The molecule has 0 N–H and O–H groups in total. The average Bonchev–Trinajstić information content (AvgIpc) is 2.45. The van der Waals surface area contributed by atoms with E-state index in [1.165, 1.54) is 0 Å². The molecule has 2 aromatic carbocycles. The van der Waals surface area contributed by atoms with Gasteiger partial charge in [0.2, 0.25) is 6.54 Å². The first-order chi connectivity index (χ1) is 10.5. The first-order valence-electron chi connectivity index (χ1n) is 7.12. The number of nitro groups is 1. The molecule has 0 amide bonds. The lowest BCUT2D eigenvalue weighted by atomic mass is 10.0. The Morgan fingerprint density at radius 3 is 2.41 bits per heavy atom. The van der Waals surface area contributed by atoms with Crippen LogP contribution >= 0.6 is 0 Å². The van der Waals surface area contributed by atoms with E-state index in [-0.39, 0.29) is 11.5 Å². The number of aromatic nitrogens is 1. The minimum atomic E-state index is -0.299. The summed E-state index contributed by atoms with van der Waals surface area (Å²) in [5, 5.41) is 11.8. The predicted molar refractivity (Wildman–Crippen MR) is 87.4 cm³/mol. The summed E-state index contributed by atoms with van der Waals surface area (Å²) in [5.74, 6) is 0. The van der Waals surface area contributed by atoms with Crippen LogP contribution in [0.25, 0.3) is 22.2 Å². The summed E-state index contributed by atoms with van der Waals surface area (Å²) < 4.78 is 0. The standard InChI is InChI=1S/C18H16N2O2/c1-12-7-13(2)9-14(8-12)18-10-15(11-20(21)22)16-5-3-4-6-17(16)19-18/h3-10H,11H2,1-2H3. The molecule has 3 aromatic rings. The van der Waals surface area contributed by atoms with E-state index in [0.29, 0.717) is 5.56 Å². The Kier molecular flexibility index (Phi) is 3.59. The zero-order chi connectivity index (χ0) is 15.7. The fourth-order valence-electron chi connectivity index (χ4n) is 2.79. The highest BCUT2D eigenvalue weighted by molar-refractivity contribution is 5.85. The monoisotopic (exact) mass is 292 g/mol. The van der Waals surface area contributed by atoms with Gasteiger partial charge in [0.05, 0.1) is 11.2 Å². The van der Waals surface area contributed by atoms with Gasteiger partial charge in [0.15, 0.2) is 0 Å². The van der Waals surface area contributed by atoms with Gasteiger partial charge in [-0.2, -0.15) is 0 Å². The zero-order valence-electron chi connectivity index (χ0n) is 12.5. The molecule has 0 fully saturated rings. The minimum absolute atomic E-state index is 0.194. The second kappa shape index (κ2) is 5.56. The molecule has 0 aliphatic carbocycles. The molecule has 22 heavy (non-hydrogen) atoms. The number of hydrogen-bond acceptors (Lipinski definition) is 3. The molecule has 3 rings (SSSR count). The summed E-state index contributed by atoms with van der Waals surface area (Å²) in [5.41, 5.74) is 5.57. The molecule has 1 aromatic heterocycles. The van der Waals surface area contributed by atoms with Crippen molar-refractivity contribution in [3.05, 3.63) is 75.3 Å². The van der Waals surface area contributed by atoms with E-state index in [1.807, 2.05) is 44.2 Å². The summed E-state index contributed by atoms with van der Waals surface area (Å²) in [4.78, 5) is 15.3. The molecule has 0 radical (unpaired) electrons. The van der Waals surface area contributed by atoms with E-state index in [0.717, 1.165) is 33.3 Å². The summed E-state index contributed by atoms with van der Waals surface area (Å²) in [6.45, 7) is 3.88. The van der Waals surface area contributed by atoms with Gasteiger partial charge in [-0.05, 0) is 38.1 Å². The number of nitrogens with zero attached hydrogens (tertiary/aromatic N) is 2. The third kappa shape index (κ3) is 2.81. The lowest BCUT2D eigenvalue weighted by Crippen LogP contribution is -2.01. The topological polar surface area (TPSA) is 56.0 Å². The third-order valence-electron chi connectivity index (χ3n) is 3.62. The molecular weight excluding hydrogens is 276 g/mol. The van der Waals surface area contributed by atoms with Crippen LogP contribution in [-0.2, 0) is 6.54 Å². The lowest BCUT2D eigenvalue weighted by molar-refractivity contribution is -0.496. The van der Waals surface area contributed by atoms with E-state index in [2.05, 4.69) is 23.2 Å². The van der Waals surface area contributed by atoms with Crippen LogP contribution in [0.1, 0.15) is 16.7 Å². The number of rotatable bonds is 3. The molecule has 0 saturated heterocycles. The number of hydrogen-bond donors (Lipinski definition) is 0. The van der Waals surface area contributed by atoms with Crippen LogP contribution in [0.15, 0.2) is 48.5 Å². The molecule has 0 bridgehead atoms. The fraction of sp³-hybridized carbons (Fsp3) is 0.167. The molecule has 0 aliphatic heterocycles. The van der Waals surface area contributed by atoms with Crippen molar-refractivity contribution in [3.8, 4) is 11.3 Å². The van der Waals surface area contributed by atoms with Gasteiger partial charge in [-0.25, -0.2) is 4.98 Å². The molecule has 110 valence electrons. The van der Waals surface area contributed by atoms with Crippen molar-refractivity contribution in [1.29, 1.82) is 0 Å². The van der Waals surface area contributed by atoms with Crippen LogP contribution in [0.3, 0.4) is 0 Å². The van der Waals surface area contributed by atoms with Crippen molar-refractivity contribution >= 4 is 10.9 Å². The van der Waals surface area contributed by atoms with Crippen molar-refractivity contribution in [2.24, 2.45) is 0 Å². The number of fused-ring (bicyclic) bond motifs is 1. The molecule has 0 saturated carbocycles. The number of pyridine rings is 1. The first kappa shape index (κ1) is 14.2. The molecule has 0 aliphatic rings. The zero-order valence-corrected chi connectivity index (χ0v) is 12.5. The minimum Gasteiger partial charge on any atom is -0.264 e. The van der Waals surface area contributed by atoms with Crippen LogP contribution in [0, 0.1) is 24.0 Å². The summed E-state index contributed by atoms with van der Waals surface area (Å²) in [6.07, 6.45) is 0. The largest absolute Gasteiger partial charge is 0.264 e. The van der Waals surface area contributed by atoms with E-state index in [4.69, 9.17) is 0 Å². The smallest absolute Gasteiger partial charge is 0.229 e. The Bertz CT molecular complexity index is 852. The number of para-hydroxylation sites is 1. The van der Waals surface area contributed by atoms with Crippen LogP contribution in [0.5, 0.6) is 0 Å². The Morgan fingerprint density at radius 1 is 1.05 bits per heavy atom. The van der Waals surface area contributed by atoms with Crippen molar-refractivity contribution in [1.82, 2.24) is 4.98 Å². The Hall–Kier alpha value is -2.75. The van der Waals surface area contributed by atoms with E-state index in [1.54, 1.807) is 0 Å². The van der Waals surface area contributed by atoms with Gasteiger partial charge in [0.25, 0.3) is 0 Å². The van der Waals surface area contributed by atoms with Crippen LogP contribution in [0.4, 0.5) is 0 Å². The quantitative estimate of drug-likeness (QED) is 0.534. The van der Waals surface area contributed by atoms with Crippen LogP contribution in [-0.4, -0.2) is 9.91 Å². The lowest BCUT2D eigenvalue weighted by Gasteiger charge is -2.09. The van der Waals surface area contributed by atoms with Crippen LogP contribution < -0.4 is 0 Å². The van der Waals surface area contributed by atoms with Gasteiger partial charge in [-0.1, -0.05) is 35.4 Å². The fourth-order valence-corrected chi connectivity index (χ4v) is 2.79. The average molecular weight is 292 g/mol. The number of benzene rings is 2. The molecule has 0 unspecified atom stereocenters. The van der Waals surface area contributed by atoms with Gasteiger partial charge in [0.1, 0.15) is 0 Å². The van der Waals surface area contributed by atoms with Crippen molar-refractivity contribution in [2.45, 2.75) is 20.4 Å². The maximum atomic E-state index is 11.0. The Labute approximate surface area is 128 Å². The Morgan fingerprint density at radius 2 is 1.73 bits per heavy atom. The normalized spacial score (nSPS) is 10.8. The first-order valence-corrected chi connectivity index (χ1v) is 7.12. The van der Waals surface area contributed by atoms with Gasteiger partial charge in [0, 0.05) is 21.4 Å². The van der Waals surface area contributed by atoms with E-state index < -0.39 is 0 Å². The second-order valence-electron chi connectivity index (χ2n) is 5.55. The summed E-state index contributed by atoms with van der Waals surface area (Å²) >= 11 is 0. The Balaban J connectivity index is 2.23.